The van der Waals surface area contributed by atoms with E-state index in [2.05, 4.69) is 4.72 Å². The summed E-state index contributed by atoms with van der Waals surface area (Å²) in [4.78, 5) is 0.254. The van der Waals surface area contributed by atoms with Gasteiger partial charge in [-0.3, -0.25) is 4.72 Å². The van der Waals surface area contributed by atoms with Gasteiger partial charge in [0, 0.05) is 5.69 Å². The van der Waals surface area contributed by atoms with Crippen LogP contribution in [0.4, 0.5) is 5.69 Å². The highest BCUT2D eigenvalue weighted by molar-refractivity contribution is 7.92. The largest absolute Gasteiger partial charge is 0.427 e. The van der Waals surface area contributed by atoms with Gasteiger partial charge in [-0.25, -0.2) is 8.42 Å². The second-order valence-electron chi connectivity index (χ2n) is 4.79. The molecule has 0 bridgehead atoms. The number of hydrogen-bond donors (Lipinski definition) is 1. The maximum Gasteiger partial charge on any atom is 0.324 e. The predicted octanol–water partition coefficient (Wildman–Crippen LogP) is 1.85. The zero-order valence-electron chi connectivity index (χ0n) is 11.0. The van der Waals surface area contributed by atoms with Gasteiger partial charge in [-0.1, -0.05) is 31.1 Å². The van der Waals surface area contributed by atoms with Crippen LogP contribution >= 0.6 is 0 Å². The highest BCUT2D eigenvalue weighted by Gasteiger charge is 2.24. The molecule has 0 saturated carbocycles. The Morgan fingerprint density at radius 1 is 1.15 bits per heavy atom. The molecule has 0 aliphatic carbocycles. The average molecular weight is 287 g/mol. The van der Waals surface area contributed by atoms with Crippen molar-refractivity contribution >= 4 is 28.1 Å². The smallest absolute Gasteiger partial charge is 0.324 e. The van der Waals surface area contributed by atoms with Crippen LogP contribution < -0.4 is 10.2 Å². The van der Waals surface area contributed by atoms with E-state index in [-0.39, 0.29) is 11.8 Å². The quantitative estimate of drug-likeness (QED) is 0.876. The van der Waals surface area contributed by atoms with Crippen molar-refractivity contribution in [3.8, 4) is 0 Å². The molecule has 0 radical (unpaired) electrons. The lowest BCUT2D eigenvalue weighted by Crippen LogP contribution is -2.25. The summed E-state index contributed by atoms with van der Waals surface area (Å²) < 4.78 is 32.6. The summed E-state index contributed by atoms with van der Waals surface area (Å²) in [7, 11) is -3.54. The van der Waals surface area contributed by atoms with Crippen molar-refractivity contribution in [2.75, 3.05) is 4.72 Å². The van der Waals surface area contributed by atoms with Crippen molar-refractivity contribution < 1.29 is 13.1 Å². The Morgan fingerprint density at radius 2 is 1.90 bits per heavy atom. The van der Waals surface area contributed by atoms with Gasteiger partial charge in [0.1, 0.15) is 0 Å². The van der Waals surface area contributed by atoms with Crippen molar-refractivity contribution in [1.82, 2.24) is 0 Å². The number of hydrogen-bond acceptors (Lipinski definition) is 3. The fourth-order valence-electron chi connectivity index (χ4n) is 2.29. The molecule has 1 aliphatic rings. The Labute approximate surface area is 118 Å². The first-order chi connectivity index (χ1) is 9.56. The lowest BCUT2D eigenvalue weighted by molar-refractivity contribution is 0.333. The second kappa shape index (κ2) is 4.96. The van der Waals surface area contributed by atoms with Crippen molar-refractivity contribution in [2.24, 2.45) is 0 Å². The zero-order valence-corrected chi connectivity index (χ0v) is 11.9. The molecule has 0 atom stereocenters. The van der Waals surface area contributed by atoms with E-state index in [4.69, 9.17) is 4.65 Å². The monoisotopic (exact) mass is 287 g/mol. The molecule has 6 heteroatoms. The Bertz CT molecular complexity index is 731. The van der Waals surface area contributed by atoms with Crippen LogP contribution in [-0.4, -0.2) is 15.3 Å². The molecule has 4 nitrogen and oxygen atoms in total. The third kappa shape index (κ3) is 2.44. The zero-order chi connectivity index (χ0) is 14.2. The van der Waals surface area contributed by atoms with Gasteiger partial charge in [0.2, 0.25) is 0 Å². The minimum Gasteiger partial charge on any atom is -0.427 e. The van der Waals surface area contributed by atoms with E-state index in [1.54, 1.807) is 36.4 Å². The van der Waals surface area contributed by atoms with E-state index in [0.717, 1.165) is 11.0 Å². The molecule has 1 aliphatic heterocycles. The van der Waals surface area contributed by atoms with Gasteiger partial charge in [-0.05, 0) is 35.3 Å². The van der Waals surface area contributed by atoms with Gasteiger partial charge in [0.25, 0.3) is 10.0 Å². The number of sulfonamides is 1. The molecule has 0 amide bonds. The minimum absolute atomic E-state index is 0.00572. The Morgan fingerprint density at radius 3 is 2.65 bits per heavy atom. The second-order valence-corrected chi connectivity index (χ2v) is 6.47. The standard InChI is InChI=1S/C14H14BNO3S/c1-15-14-9-12(8-7-11(14)10-19-15)16-20(17,18)13-5-3-2-4-6-13/h2-9,16H,10H2,1H3. The van der Waals surface area contributed by atoms with Crippen LogP contribution in [0.3, 0.4) is 0 Å². The third-order valence-corrected chi connectivity index (χ3v) is 4.78. The highest BCUT2D eigenvalue weighted by atomic mass is 32.2. The van der Waals surface area contributed by atoms with Crippen molar-refractivity contribution in [1.29, 1.82) is 0 Å². The van der Waals surface area contributed by atoms with Crippen molar-refractivity contribution in [3.63, 3.8) is 0 Å². The van der Waals surface area contributed by atoms with Gasteiger partial charge in [0.05, 0.1) is 11.5 Å². The summed E-state index contributed by atoms with van der Waals surface area (Å²) in [6.07, 6.45) is 0. The first-order valence-electron chi connectivity index (χ1n) is 6.38. The van der Waals surface area contributed by atoms with Crippen LogP contribution in [0.25, 0.3) is 0 Å². The van der Waals surface area contributed by atoms with Crippen LogP contribution in [-0.2, 0) is 21.3 Å². The molecule has 1 heterocycles. The Balaban J connectivity index is 1.91. The van der Waals surface area contributed by atoms with Crippen LogP contribution in [0, 0.1) is 0 Å². The van der Waals surface area contributed by atoms with Crippen LogP contribution in [0.15, 0.2) is 53.4 Å². The molecule has 1 N–H and O–H groups in total. The Hall–Kier alpha value is -1.79. The normalized spacial score (nSPS) is 14.2. The summed E-state index contributed by atoms with van der Waals surface area (Å²) in [6.45, 7) is 2.55. The van der Waals surface area contributed by atoms with Crippen molar-refractivity contribution in [2.45, 2.75) is 18.3 Å². The summed E-state index contributed by atoms with van der Waals surface area (Å²) in [5.41, 5.74) is 2.71. The summed E-state index contributed by atoms with van der Waals surface area (Å²) in [5.74, 6) is 0. The summed E-state index contributed by atoms with van der Waals surface area (Å²) >= 11 is 0. The topological polar surface area (TPSA) is 55.4 Å². The SMILES string of the molecule is CB1OCc2ccc(NS(=O)(=O)c3ccccc3)cc21. The molecule has 0 spiro atoms. The Kier molecular flexibility index (Phi) is 3.27. The molecule has 102 valence electrons. The number of nitrogens with one attached hydrogen (secondary N) is 1. The fraction of sp³-hybridized carbons (Fsp3) is 0.143. The van der Waals surface area contributed by atoms with E-state index in [1.807, 2.05) is 19.0 Å². The lowest BCUT2D eigenvalue weighted by Gasteiger charge is -2.09. The van der Waals surface area contributed by atoms with Crippen LogP contribution in [0.1, 0.15) is 5.56 Å². The van der Waals surface area contributed by atoms with Gasteiger partial charge >= 0.3 is 6.92 Å². The molecule has 0 fully saturated rings. The summed E-state index contributed by atoms with van der Waals surface area (Å²) in [5, 5.41) is 0. The van der Waals surface area contributed by atoms with Gasteiger partial charge < -0.3 is 4.65 Å². The van der Waals surface area contributed by atoms with Gasteiger partial charge in [-0.15, -0.1) is 0 Å². The van der Waals surface area contributed by atoms with Gasteiger partial charge in [-0.2, -0.15) is 0 Å². The molecule has 3 rings (SSSR count). The van der Waals surface area contributed by atoms with Gasteiger partial charge in [0.15, 0.2) is 0 Å². The molecule has 0 saturated heterocycles. The number of fused-ring (bicyclic) bond motifs is 1. The fourth-order valence-corrected chi connectivity index (χ4v) is 3.36. The molecule has 2 aromatic carbocycles. The molecular formula is C14H14BNO3S. The number of anilines is 1. The third-order valence-electron chi connectivity index (χ3n) is 3.38. The van der Waals surface area contributed by atoms with E-state index in [0.29, 0.717) is 12.3 Å². The maximum atomic E-state index is 12.2. The molecule has 0 aromatic heterocycles. The lowest BCUT2D eigenvalue weighted by atomic mass is 9.64. The highest BCUT2D eigenvalue weighted by Crippen LogP contribution is 2.18. The first kappa shape index (κ1) is 13.2. The number of rotatable bonds is 3. The predicted molar refractivity (Wildman–Crippen MR) is 79.7 cm³/mol. The minimum atomic E-state index is -3.54. The van der Waals surface area contributed by atoms with Crippen LogP contribution in [0.2, 0.25) is 6.82 Å². The molecule has 20 heavy (non-hydrogen) atoms. The van der Waals surface area contributed by atoms with E-state index in [1.165, 1.54) is 0 Å². The summed E-state index contributed by atoms with van der Waals surface area (Å²) in [6, 6.07) is 13.8. The van der Waals surface area contributed by atoms with E-state index < -0.39 is 10.0 Å². The molecule has 0 unspecified atom stereocenters. The maximum absolute atomic E-state index is 12.2. The van der Waals surface area contributed by atoms with Crippen LogP contribution in [0.5, 0.6) is 0 Å². The molecule has 2 aromatic rings. The van der Waals surface area contributed by atoms with Crippen molar-refractivity contribution in [3.05, 3.63) is 54.1 Å². The van der Waals surface area contributed by atoms with E-state index >= 15 is 0 Å². The first-order valence-corrected chi connectivity index (χ1v) is 7.87. The average Bonchev–Trinajstić information content (AvgIpc) is 2.81. The number of benzene rings is 2. The molecular weight excluding hydrogens is 273 g/mol. The van der Waals surface area contributed by atoms with E-state index in [9.17, 15) is 8.42 Å².